The van der Waals surface area contributed by atoms with E-state index in [-0.39, 0.29) is 5.91 Å². The Balaban J connectivity index is 1.82. The van der Waals surface area contributed by atoms with Crippen molar-refractivity contribution >= 4 is 34.3 Å². The molecular weight excluding hydrogens is 380 g/mol. The summed E-state index contributed by atoms with van der Waals surface area (Å²) in [6, 6.07) is 7.42. The van der Waals surface area contributed by atoms with Gasteiger partial charge in [0.1, 0.15) is 21.4 Å². The third-order valence-corrected chi connectivity index (χ3v) is 5.85. The number of methoxy groups -OCH3 is 1. The maximum absolute atomic E-state index is 12.9. The van der Waals surface area contributed by atoms with E-state index in [1.54, 1.807) is 24.5 Å². The SMILES string of the molecule is CCCCOc1ccc(OC)cc1NC(=O)c1sc(-c2ccsc2)nc1C. The number of unbranched alkanes of at least 4 members (excludes halogenated alkanes) is 1. The predicted octanol–water partition coefficient (Wildman–Crippen LogP) is 5.62. The van der Waals surface area contributed by atoms with Crippen molar-refractivity contribution < 1.29 is 14.3 Å². The number of nitrogens with one attached hydrogen (secondary N) is 1. The molecule has 7 heteroatoms. The Bertz CT molecular complexity index is 904. The fourth-order valence-corrected chi connectivity index (χ4v) is 4.15. The first-order valence-corrected chi connectivity index (χ1v) is 10.5. The van der Waals surface area contributed by atoms with Crippen LogP contribution in [0.3, 0.4) is 0 Å². The lowest BCUT2D eigenvalue weighted by atomic mass is 10.2. The number of carbonyl (C=O) groups is 1. The van der Waals surface area contributed by atoms with Crippen LogP contribution in [-0.2, 0) is 0 Å². The molecule has 0 atom stereocenters. The lowest BCUT2D eigenvalue weighted by Crippen LogP contribution is -2.13. The van der Waals surface area contributed by atoms with Gasteiger partial charge in [-0.15, -0.1) is 11.3 Å². The molecule has 0 bridgehead atoms. The number of carbonyl (C=O) groups excluding carboxylic acids is 1. The van der Waals surface area contributed by atoms with Crippen molar-refractivity contribution in [2.24, 2.45) is 0 Å². The Kier molecular flexibility index (Phi) is 6.47. The average Bonchev–Trinajstić information content (AvgIpc) is 3.32. The second kappa shape index (κ2) is 9.01. The smallest absolute Gasteiger partial charge is 0.267 e. The molecule has 0 fully saturated rings. The number of amides is 1. The summed E-state index contributed by atoms with van der Waals surface area (Å²) in [6.07, 6.45) is 2.00. The molecule has 1 aromatic carbocycles. The number of thiophene rings is 1. The van der Waals surface area contributed by atoms with Crippen LogP contribution in [0.4, 0.5) is 5.69 Å². The Morgan fingerprint density at radius 2 is 2.15 bits per heavy atom. The molecule has 0 unspecified atom stereocenters. The predicted molar refractivity (Wildman–Crippen MR) is 112 cm³/mol. The molecule has 0 aliphatic heterocycles. The van der Waals surface area contributed by atoms with Crippen LogP contribution < -0.4 is 14.8 Å². The third-order valence-electron chi connectivity index (χ3n) is 3.96. The number of nitrogens with zero attached hydrogens (tertiary/aromatic N) is 1. The maximum atomic E-state index is 12.9. The van der Waals surface area contributed by atoms with E-state index in [2.05, 4.69) is 17.2 Å². The first-order chi connectivity index (χ1) is 13.1. The second-order valence-corrected chi connectivity index (χ2v) is 7.74. The zero-order valence-electron chi connectivity index (χ0n) is 15.6. The molecule has 3 aromatic rings. The standard InChI is InChI=1S/C20H22N2O3S2/c1-4-5-9-25-17-7-6-15(24-3)11-16(17)22-19(23)18-13(2)21-20(27-18)14-8-10-26-12-14/h6-8,10-12H,4-5,9H2,1-3H3,(H,22,23). The molecule has 27 heavy (non-hydrogen) atoms. The van der Waals surface area contributed by atoms with Gasteiger partial charge in [0, 0.05) is 17.0 Å². The van der Waals surface area contributed by atoms with E-state index in [1.807, 2.05) is 35.9 Å². The summed E-state index contributed by atoms with van der Waals surface area (Å²) >= 11 is 3.00. The van der Waals surface area contributed by atoms with Crippen LogP contribution in [0.15, 0.2) is 35.0 Å². The molecular formula is C20H22N2O3S2. The molecule has 2 aromatic heterocycles. The first kappa shape index (κ1) is 19.4. The molecule has 0 spiro atoms. The highest BCUT2D eigenvalue weighted by molar-refractivity contribution is 7.17. The summed E-state index contributed by atoms with van der Waals surface area (Å²) < 4.78 is 11.1. The average molecular weight is 403 g/mol. The highest BCUT2D eigenvalue weighted by Crippen LogP contribution is 2.33. The van der Waals surface area contributed by atoms with Crippen molar-refractivity contribution in [3.63, 3.8) is 0 Å². The molecule has 1 N–H and O–H groups in total. The van der Waals surface area contributed by atoms with E-state index in [0.29, 0.717) is 28.7 Å². The third kappa shape index (κ3) is 4.67. The Morgan fingerprint density at radius 1 is 1.30 bits per heavy atom. The van der Waals surface area contributed by atoms with E-state index in [4.69, 9.17) is 9.47 Å². The second-order valence-electron chi connectivity index (χ2n) is 5.96. The summed E-state index contributed by atoms with van der Waals surface area (Å²) in [5.41, 5.74) is 2.35. The van der Waals surface area contributed by atoms with Gasteiger partial charge in [0.25, 0.3) is 5.91 Å². The van der Waals surface area contributed by atoms with Crippen molar-refractivity contribution in [1.29, 1.82) is 0 Å². The lowest BCUT2D eigenvalue weighted by Gasteiger charge is -2.13. The highest BCUT2D eigenvalue weighted by Gasteiger charge is 2.18. The van der Waals surface area contributed by atoms with Crippen LogP contribution in [0.5, 0.6) is 11.5 Å². The number of aromatic nitrogens is 1. The monoisotopic (exact) mass is 402 g/mol. The summed E-state index contributed by atoms with van der Waals surface area (Å²) in [6.45, 7) is 4.57. The largest absolute Gasteiger partial charge is 0.497 e. The maximum Gasteiger partial charge on any atom is 0.267 e. The van der Waals surface area contributed by atoms with Gasteiger partial charge in [0.2, 0.25) is 0 Å². The quantitative estimate of drug-likeness (QED) is 0.497. The zero-order chi connectivity index (χ0) is 19.2. The fourth-order valence-electron chi connectivity index (χ4n) is 2.48. The zero-order valence-corrected chi connectivity index (χ0v) is 17.2. The summed E-state index contributed by atoms with van der Waals surface area (Å²) in [5.74, 6) is 1.10. The molecule has 0 aliphatic rings. The molecule has 3 rings (SSSR count). The highest BCUT2D eigenvalue weighted by atomic mass is 32.1. The van der Waals surface area contributed by atoms with Gasteiger partial charge in [-0.1, -0.05) is 13.3 Å². The molecule has 5 nitrogen and oxygen atoms in total. The number of hydrogen-bond acceptors (Lipinski definition) is 6. The van der Waals surface area contributed by atoms with Gasteiger partial charge in [-0.2, -0.15) is 11.3 Å². The number of thiazole rings is 1. The van der Waals surface area contributed by atoms with Crippen LogP contribution in [0.1, 0.15) is 35.1 Å². The van der Waals surface area contributed by atoms with Crippen molar-refractivity contribution in [1.82, 2.24) is 4.98 Å². The number of hydrogen-bond donors (Lipinski definition) is 1. The van der Waals surface area contributed by atoms with Crippen LogP contribution in [-0.4, -0.2) is 24.6 Å². The van der Waals surface area contributed by atoms with E-state index in [0.717, 1.165) is 29.1 Å². The van der Waals surface area contributed by atoms with Crippen molar-refractivity contribution in [3.05, 3.63) is 45.6 Å². The molecule has 0 radical (unpaired) electrons. The van der Waals surface area contributed by atoms with Gasteiger partial charge in [0.15, 0.2) is 0 Å². The minimum atomic E-state index is -0.194. The van der Waals surface area contributed by atoms with Crippen molar-refractivity contribution in [3.8, 4) is 22.1 Å². The van der Waals surface area contributed by atoms with Crippen LogP contribution in [0, 0.1) is 6.92 Å². The minimum absolute atomic E-state index is 0.194. The molecule has 0 aliphatic carbocycles. The van der Waals surface area contributed by atoms with Gasteiger partial charge in [-0.3, -0.25) is 4.79 Å². The molecule has 1 amide bonds. The number of aryl methyl sites for hydroxylation is 1. The minimum Gasteiger partial charge on any atom is -0.497 e. The Hall–Kier alpha value is -2.38. The van der Waals surface area contributed by atoms with Crippen LogP contribution >= 0.6 is 22.7 Å². The number of ether oxygens (including phenoxy) is 2. The normalized spacial score (nSPS) is 10.6. The number of rotatable bonds is 8. The van der Waals surface area contributed by atoms with Crippen molar-refractivity contribution in [2.45, 2.75) is 26.7 Å². The number of benzene rings is 1. The first-order valence-electron chi connectivity index (χ1n) is 8.74. The van der Waals surface area contributed by atoms with Gasteiger partial charge in [-0.05, 0) is 36.9 Å². The molecule has 0 saturated heterocycles. The van der Waals surface area contributed by atoms with Gasteiger partial charge >= 0.3 is 0 Å². The van der Waals surface area contributed by atoms with Crippen molar-refractivity contribution in [2.75, 3.05) is 19.0 Å². The summed E-state index contributed by atoms with van der Waals surface area (Å²) in [7, 11) is 1.60. The molecule has 2 heterocycles. The van der Waals surface area contributed by atoms with Gasteiger partial charge < -0.3 is 14.8 Å². The van der Waals surface area contributed by atoms with Crippen LogP contribution in [0.25, 0.3) is 10.6 Å². The molecule has 142 valence electrons. The van der Waals surface area contributed by atoms with E-state index < -0.39 is 0 Å². The summed E-state index contributed by atoms with van der Waals surface area (Å²) in [4.78, 5) is 18.0. The van der Waals surface area contributed by atoms with Gasteiger partial charge in [0.05, 0.1) is 25.1 Å². The van der Waals surface area contributed by atoms with Crippen LogP contribution in [0.2, 0.25) is 0 Å². The Morgan fingerprint density at radius 3 is 2.85 bits per heavy atom. The number of anilines is 1. The van der Waals surface area contributed by atoms with Gasteiger partial charge in [-0.25, -0.2) is 4.98 Å². The topological polar surface area (TPSA) is 60.5 Å². The fraction of sp³-hybridized carbons (Fsp3) is 0.300. The molecule has 0 saturated carbocycles. The van der Waals surface area contributed by atoms with E-state index in [1.165, 1.54) is 11.3 Å². The lowest BCUT2D eigenvalue weighted by molar-refractivity contribution is 0.102. The summed E-state index contributed by atoms with van der Waals surface area (Å²) in [5, 5.41) is 7.84. The van der Waals surface area contributed by atoms with E-state index in [9.17, 15) is 4.79 Å². The Labute approximate surface area is 167 Å². The van der Waals surface area contributed by atoms with E-state index >= 15 is 0 Å².